The zero-order valence-corrected chi connectivity index (χ0v) is 30.5. The van der Waals surface area contributed by atoms with E-state index in [-0.39, 0.29) is 30.6 Å². The third-order valence-corrected chi connectivity index (χ3v) is 8.42. The van der Waals surface area contributed by atoms with Crippen molar-refractivity contribution in [3.63, 3.8) is 0 Å². The lowest BCUT2D eigenvalue weighted by atomic mass is 9.87. The van der Waals surface area contributed by atoms with Gasteiger partial charge in [0.05, 0.1) is 46.2 Å². The minimum atomic E-state index is -0.597. The Labute approximate surface area is 297 Å². The number of hydrogen-bond donors (Lipinski definition) is 1. The molecule has 0 radical (unpaired) electrons. The summed E-state index contributed by atoms with van der Waals surface area (Å²) in [7, 11) is 3.29. The van der Waals surface area contributed by atoms with E-state index in [1.54, 1.807) is 19.1 Å². The van der Waals surface area contributed by atoms with Gasteiger partial charge < -0.3 is 38.6 Å². The predicted octanol–water partition coefficient (Wildman–Crippen LogP) is 7.66. The number of likely N-dealkylation sites (tertiary alicyclic amines) is 1. The number of ether oxygens (including phenoxy) is 6. The lowest BCUT2D eigenvalue weighted by Crippen LogP contribution is -2.48. The number of hydrogen-bond acceptors (Lipinski definition) is 8. The van der Waals surface area contributed by atoms with Crippen LogP contribution >= 0.6 is 0 Å². The van der Waals surface area contributed by atoms with Crippen molar-refractivity contribution in [3.05, 3.63) is 89.0 Å². The zero-order chi connectivity index (χ0) is 35.9. The van der Waals surface area contributed by atoms with Gasteiger partial charge in [-0.2, -0.15) is 0 Å². The molecule has 1 aliphatic heterocycles. The average Bonchev–Trinajstić information content (AvgIpc) is 3.09. The topological polar surface area (TPSA) is 105 Å². The van der Waals surface area contributed by atoms with Gasteiger partial charge in [-0.05, 0) is 75.9 Å². The van der Waals surface area contributed by atoms with Crippen LogP contribution in [0, 0.1) is 6.92 Å². The molecule has 2 amide bonds. The fourth-order valence-corrected chi connectivity index (χ4v) is 5.84. The Morgan fingerprint density at radius 2 is 1.68 bits per heavy atom. The maximum Gasteiger partial charge on any atom is 0.410 e. The van der Waals surface area contributed by atoms with Gasteiger partial charge in [0, 0.05) is 55.8 Å². The van der Waals surface area contributed by atoms with Crippen LogP contribution in [0.4, 0.5) is 10.5 Å². The molecule has 3 aromatic rings. The van der Waals surface area contributed by atoms with Crippen LogP contribution in [0.5, 0.6) is 11.5 Å². The highest BCUT2D eigenvalue weighted by Gasteiger charge is 2.35. The summed E-state index contributed by atoms with van der Waals surface area (Å²) in [6, 6.07) is 21.9. The van der Waals surface area contributed by atoms with Gasteiger partial charge in [0.1, 0.15) is 17.1 Å². The Bertz CT molecular complexity index is 1500. The number of piperidine rings is 1. The molecule has 10 nitrogen and oxygen atoms in total. The number of carbonyl (C=O) groups excluding carboxylic acids is 2. The SMILES string of the molecule is COCCCC(=O)Nc1cc(C)ccc1COC1CN(C(=O)OC(C)(C)C)CCC1c1ccc(OCCCOCc2ccccc2OC)cc1. The van der Waals surface area contributed by atoms with Gasteiger partial charge in [-0.15, -0.1) is 0 Å². The van der Waals surface area contributed by atoms with E-state index in [0.717, 1.165) is 45.9 Å². The molecule has 3 aromatic carbocycles. The van der Waals surface area contributed by atoms with Crippen molar-refractivity contribution < 1.29 is 38.0 Å². The van der Waals surface area contributed by atoms with Gasteiger partial charge >= 0.3 is 6.09 Å². The fourth-order valence-electron chi connectivity index (χ4n) is 5.84. The van der Waals surface area contributed by atoms with E-state index in [2.05, 4.69) is 17.4 Å². The number of rotatable bonds is 17. The minimum absolute atomic E-state index is 0.0450. The van der Waals surface area contributed by atoms with Gasteiger partial charge in [-0.3, -0.25) is 4.79 Å². The van der Waals surface area contributed by atoms with Gasteiger partial charge in [0.2, 0.25) is 5.91 Å². The third-order valence-electron chi connectivity index (χ3n) is 8.42. The van der Waals surface area contributed by atoms with Gasteiger partial charge in [0.15, 0.2) is 0 Å². The molecule has 1 heterocycles. The molecular formula is C40H54N2O8. The molecular weight excluding hydrogens is 636 g/mol. The molecule has 1 N–H and O–H groups in total. The minimum Gasteiger partial charge on any atom is -0.496 e. The maximum absolute atomic E-state index is 13.1. The summed E-state index contributed by atoms with van der Waals surface area (Å²) in [6.07, 6.45) is 1.84. The first-order valence-electron chi connectivity index (χ1n) is 17.5. The number of nitrogens with one attached hydrogen (secondary N) is 1. The van der Waals surface area contributed by atoms with Crippen LogP contribution in [-0.2, 0) is 37.0 Å². The van der Waals surface area contributed by atoms with E-state index in [1.165, 1.54) is 0 Å². The summed E-state index contributed by atoms with van der Waals surface area (Å²) < 4.78 is 34.6. The Morgan fingerprint density at radius 3 is 2.42 bits per heavy atom. The second-order valence-corrected chi connectivity index (χ2v) is 13.6. The van der Waals surface area contributed by atoms with Crippen molar-refractivity contribution in [1.29, 1.82) is 0 Å². The van der Waals surface area contributed by atoms with E-state index in [1.807, 2.05) is 82.3 Å². The maximum atomic E-state index is 13.1. The molecule has 1 fully saturated rings. The molecule has 2 atom stereocenters. The summed E-state index contributed by atoms with van der Waals surface area (Å²) in [5, 5.41) is 3.05. The second kappa shape index (κ2) is 19.3. The van der Waals surface area contributed by atoms with E-state index in [4.69, 9.17) is 28.4 Å². The fraction of sp³-hybridized carbons (Fsp3) is 0.500. The summed E-state index contributed by atoms with van der Waals surface area (Å²) in [5.74, 6) is 1.59. The van der Waals surface area contributed by atoms with Gasteiger partial charge in [-0.1, -0.05) is 42.5 Å². The molecule has 1 saturated heterocycles. The molecule has 50 heavy (non-hydrogen) atoms. The largest absolute Gasteiger partial charge is 0.496 e. The molecule has 0 saturated carbocycles. The summed E-state index contributed by atoms with van der Waals surface area (Å²) in [6.45, 7) is 10.9. The van der Waals surface area contributed by atoms with E-state index >= 15 is 0 Å². The molecule has 1 aliphatic rings. The number of benzene rings is 3. The van der Waals surface area contributed by atoms with Crippen molar-refractivity contribution >= 4 is 17.7 Å². The Morgan fingerprint density at radius 1 is 0.900 bits per heavy atom. The first-order valence-corrected chi connectivity index (χ1v) is 17.5. The first-order chi connectivity index (χ1) is 24.1. The molecule has 0 aliphatic carbocycles. The van der Waals surface area contributed by atoms with E-state index in [9.17, 15) is 9.59 Å². The van der Waals surface area contributed by atoms with Crippen LogP contribution < -0.4 is 14.8 Å². The van der Waals surface area contributed by atoms with Gasteiger partial charge in [-0.25, -0.2) is 4.79 Å². The Balaban J connectivity index is 1.37. The number of carbonyl (C=O) groups is 2. The molecule has 2 unspecified atom stereocenters. The quantitative estimate of drug-likeness (QED) is 0.144. The van der Waals surface area contributed by atoms with Crippen LogP contribution in [0.15, 0.2) is 66.7 Å². The summed E-state index contributed by atoms with van der Waals surface area (Å²) in [4.78, 5) is 27.5. The number of nitrogens with zero attached hydrogens (tertiary/aromatic N) is 1. The summed E-state index contributed by atoms with van der Waals surface area (Å²) in [5.41, 5.74) is 4.18. The average molecular weight is 691 g/mol. The lowest BCUT2D eigenvalue weighted by molar-refractivity contribution is -0.116. The van der Waals surface area contributed by atoms with Crippen molar-refractivity contribution in [2.45, 2.75) is 84.2 Å². The Hall–Kier alpha value is -4.12. The molecule has 272 valence electrons. The number of anilines is 1. The van der Waals surface area contributed by atoms with Crippen LogP contribution in [-0.4, -0.2) is 75.7 Å². The monoisotopic (exact) mass is 690 g/mol. The van der Waals surface area contributed by atoms with Crippen LogP contribution in [0.25, 0.3) is 0 Å². The highest BCUT2D eigenvalue weighted by molar-refractivity contribution is 5.91. The molecule has 0 spiro atoms. The number of para-hydroxylation sites is 1. The lowest BCUT2D eigenvalue weighted by Gasteiger charge is -2.39. The smallest absolute Gasteiger partial charge is 0.410 e. The first kappa shape index (κ1) is 38.7. The molecule has 10 heteroatoms. The highest BCUT2D eigenvalue weighted by atomic mass is 16.6. The van der Waals surface area contributed by atoms with Crippen LogP contribution in [0.2, 0.25) is 0 Å². The molecule has 4 rings (SSSR count). The van der Waals surface area contributed by atoms with Crippen LogP contribution in [0.3, 0.4) is 0 Å². The van der Waals surface area contributed by atoms with Crippen molar-refractivity contribution in [2.75, 3.05) is 52.4 Å². The summed E-state index contributed by atoms with van der Waals surface area (Å²) >= 11 is 0. The van der Waals surface area contributed by atoms with Crippen molar-refractivity contribution in [2.24, 2.45) is 0 Å². The van der Waals surface area contributed by atoms with Gasteiger partial charge in [0.25, 0.3) is 0 Å². The third kappa shape index (κ3) is 12.3. The number of amides is 2. The zero-order valence-electron chi connectivity index (χ0n) is 30.5. The number of methoxy groups -OCH3 is 2. The highest BCUT2D eigenvalue weighted by Crippen LogP contribution is 2.33. The molecule has 0 aromatic heterocycles. The molecule has 0 bridgehead atoms. The van der Waals surface area contributed by atoms with Crippen molar-refractivity contribution in [1.82, 2.24) is 4.90 Å². The van der Waals surface area contributed by atoms with E-state index in [0.29, 0.717) is 58.8 Å². The standard InChI is InChI=1S/C40H54N2O8/c1-29-14-15-31(35(25-29)41-38(43)13-9-22-45-5)28-49-37-26-42(39(44)50-40(2,3)4)21-20-34(37)30-16-18-33(19-17-30)48-24-10-23-47-27-32-11-7-8-12-36(32)46-6/h7-8,11-12,14-19,25,34,37H,9-10,13,20-24,26-28H2,1-6H3,(H,41,43). The Kier molecular flexibility index (Phi) is 14.9. The predicted molar refractivity (Wildman–Crippen MR) is 194 cm³/mol. The second-order valence-electron chi connectivity index (χ2n) is 13.6. The van der Waals surface area contributed by atoms with E-state index < -0.39 is 5.60 Å². The number of aryl methyl sites for hydroxylation is 1. The van der Waals surface area contributed by atoms with Crippen molar-refractivity contribution in [3.8, 4) is 11.5 Å². The van der Waals surface area contributed by atoms with Crippen LogP contribution in [0.1, 0.15) is 74.6 Å². The normalized spacial score (nSPS) is 16.2.